The fraction of sp³-hybridized carbons (Fsp3) is 0.133. The minimum absolute atomic E-state index is 0.163. The number of hydrogen-bond donors (Lipinski definition) is 2. The molecule has 3 N–H and O–H groups in total. The molecule has 0 unspecified atom stereocenters. The first kappa shape index (κ1) is 13.1. The van der Waals surface area contributed by atoms with Crippen molar-refractivity contribution in [3.05, 3.63) is 60.2 Å². The Bertz CT molecular complexity index is 541. The minimum Gasteiger partial charge on any atom is -0.490 e. The molecule has 19 heavy (non-hydrogen) atoms. The maximum atomic E-state index is 12.0. The number of benzene rings is 2. The highest BCUT2D eigenvalue weighted by molar-refractivity contribution is 6.04. The molecule has 0 spiro atoms. The smallest absolute Gasteiger partial charge is 0.255 e. The van der Waals surface area contributed by atoms with Crippen molar-refractivity contribution in [3.8, 4) is 5.75 Å². The number of carbonyl (C=O) groups excluding carboxylic acids is 1. The first-order valence-electron chi connectivity index (χ1n) is 6.09. The molecule has 2 aromatic rings. The topological polar surface area (TPSA) is 64.3 Å². The van der Waals surface area contributed by atoms with Gasteiger partial charge in [0.1, 0.15) is 12.4 Å². The Morgan fingerprint density at radius 2 is 1.74 bits per heavy atom. The summed E-state index contributed by atoms with van der Waals surface area (Å²) in [4.78, 5) is 12.0. The lowest BCUT2D eigenvalue weighted by Crippen LogP contribution is -2.15. The van der Waals surface area contributed by atoms with Gasteiger partial charge in [-0.3, -0.25) is 4.79 Å². The number of para-hydroxylation sites is 2. The molecule has 0 radical (unpaired) electrons. The lowest BCUT2D eigenvalue weighted by molar-refractivity contribution is 0.102. The summed E-state index contributed by atoms with van der Waals surface area (Å²) in [5.41, 5.74) is 6.66. The van der Waals surface area contributed by atoms with Crippen LogP contribution in [0.3, 0.4) is 0 Å². The molecule has 1 amide bonds. The second-order valence-corrected chi connectivity index (χ2v) is 3.95. The number of carbonyl (C=O) groups is 1. The van der Waals surface area contributed by atoms with E-state index in [2.05, 4.69) is 5.32 Å². The third-order valence-electron chi connectivity index (χ3n) is 2.55. The lowest BCUT2D eigenvalue weighted by atomic mass is 10.2. The van der Waals surface area contributed by atoms with Gasteiger partial charge in [0.25, 0.3) is 5.91 Å². The molecule has 0 aromatic heterocycles. The molecule has 4 nitrogen and oxygen atoms in total. The summed E-state index contributed by atoms with van der Waals surface area (Å²) in [6, 6.07) is 16.3. The summed E-state index contributed by atoms with van der Waals surface area (Å²) in [6.07, 6.45) is 0. The van der Waals surface area contributed by atoms with Crippen LogP contribution in [0.1, 0.15) is 10.4 Å². The summed E-state index contributed by atoms with van der Waals surface area (Å²) in [7, 11) is 0. The Kier molecular flexibility index (Phi) is 4.53. The number of nitrogens with one attached hydrogen (secondary N) is 1. The molecule has 0 bridgehead atoms. The number of hydrogen-bond acceptors (Lipinski definition) is 3. The number of amides is 1. The highest BCUT2D eigenvalue weighted by Crippen LogP contribution is 2.24. The van der Waals surface area contributed by atoms with Gasteiger partial charge in [0.05, 0.1) is 5.69 Å². The minimum atomic E-state index is -0.163. The number of anilines is 1. The summed E-state index contributed by atoms with van der Waals surface area (Å²) >= 11 is 0. The predicted octanol–water partition coefficient (Wildman–Crippen LogP) is 2.28. The molecule has 0 saturated carbocycles. The van der Waals surface area contributed by atoms with Gasteiger partial charge in [0.2, 0.25) is 0 Å². The van der Waals surface area contributed by atoms with Crippen molar-refractivity contribution in [1.29, 1.82) is 0 Å². The predicted molar refractivity (Wildman–Crippen MR) is 75.4 cm³/mol. The maximum absolute atomic E-state index is 12.0. The van der Waals surface area contributed by atoms with E-state index in [-0.39, 0.29) is 5.91 Å². The van der Waals surface area contributed by atoms with E-state index in [0.717, 1.165) is 0 Å². The van der Waals surface area contributed by atoms with Crippen molar-refractivity contribution in [2.45, 2.75) is 0 Å². The zero-order valence-corrected chi connectivity index (χ0v) is 10.5. The number of nitrogens with two attached hydrogens (primary N) is 1. The van der Waals surface area contributed by atoms with Crippen LogP contribution in [-0.2, 0) is 0 Å². The van der Waals surface area contributed by atoms with Crippen LogP contribution in [0.4, 0.5) is 5.69 Å². The third-order valence-corrected chi connectivity index (χ3v) is 2.55. The molecule has 2 rings (SSSR count). The van der Waals surface area contributed by atoms with Gasteiger partial charge in [0, 0.05) is 12.1 Å². The Morgan fingerprint density at radius 3 is 2.47 bits per heavy atom. The standard InChI is InChI=1S/C15H16N2O2/c16-10-11-19-14-9-5-4-8-13(14)17-15(18)12-6-2-1-3-7-12/h1-9H,10-11,16H2,(H,17,18). The van der Waals surface area contributed by atoms with Crippen LogP contribution in [-0.4, -0.2) is 19.1 Å². The highest BCUT2D eigenvalue weighted by Gasteiger charge is 2.08. The molecule has 0 aliphatic carbocycles. The van der Waals surface area contributed by atoms with Crippen molar-refractivity contribution < 1.29 is 9.53 Å². The van der Waals surface area contributed by atoms with Crippen molar-refractivity contribution in [3.63, 3.8) is 0 Å². The van der Waals surface area contributed by atoms with Crippen LogP contribution in [0.15, 0.2) is 54.6 Å². The van der Waals surface area contributed by atoms with Crippen LogP contribution in [0.2, 0.25) is 0 Å². The molecule has 0 atom stereocenters. The van der Waals surface area contributed by atoms with E-state index in [1.807, 2.05) is 30.3 Å². The zero-order chi connectivity index (χ0) is 13.5. The van der Waals surface area contributed by atoms with E-state index in [0.29, 0.717) is 30.2 Å². The average Bonchev–Trinajstić information content (AvgIpc) is 2.47. The molecule has 4 heteroatoms. The first-order valence-corrected chi connectivity index (χ1v) is 6.09. The molecule has 0 aliphatic heterocycles. The summed E-state index contributed by atoms with van der Waals surface area (Å²) in [5.74, 6) is 0.460. The van der Waals surface area contributed by atoms with E-state index in [4.69, 9.17) is 10.5 Å². The lowest BCUT2D eigenvalue weighted by Gasteiger charge is -2.11. The van der Waals surface area contributed by atoms with Gasteiger partial charge in [-0.1, -0.05) is 30.3 Å². The molecule has 2 aromatic carbocycles. The Balaban J connectivity index is 2.12. The summed E-state index contributed by atoms with van der Waals surface area (Å²) in [5, 5.41) is 2.83. The SMILES string of the molecule is NCCOc1ccccc1NC(=O)c1ccccc1. The summed E-state index contributed by atoms with van der Waals surface area (Å²) < 4.78 is 5.48. The van der Waals surface area contributed by atoms with Gasteiger partial charge in [0.15, 0.2) is 0 Å². The molecule has 0 heterocycles. The third kappa shape index (κ3) is 3.56. The second kappa shape index (κ2) is 6.56. The number of ether oxygens (including phenoxy) is 1. The van der Waals surface area contributed by atoms with E-state index < -0.39 is 0 Å². The zero-order valence-electron chi connectivity index (χ0n) is 10.5. The molecular weight excluding hydrogens is 240 g/mol. The van der Waals surface area contributed by atoms with Gasteiger partial charge >= 0.3 is 0 Å². The van der Waals surface area contributed by atoms with Gasteiger partial charge in [-0.15, -0.1) is 0 Å². The first-order chi connectivity index (χ1) is 9.31. The van der Waals surface area contributed by atoms with Gasteiger partial charge < -0.3 is 15.8 Å². The second-order valence-electron chi connectivity index (χ2n) is 3.95. The van der Waals surface area contributed by atoms with Crippen molar-refractivity contribution in [1.82, 2.24) is 0 Å². The Labute approximate surface area is 112 Å². The van der Waals surface area contributed by atoms with Gasteiger partial charge in [-0.2, -0.15) is 0 Å². The van der Waals surface area contributed by atoms with Crippen LogP contribution < -0.4 is 15.8 Å². The maximum Gasteiger partial charge on any atom is 0.255 e. The Hall–Kier alpha value is -2.33. The van der Waals surface area contributed by atoms with Gasteiger partial charge in [-0.25, -0.2) is 0 Å². The van der Waals surface area contributed by atoms with Crippen molar-refractivity contribution >= 4 is 11.6 Å². The van der Waals surface area contributed by atoms with Crippen molar-refractivity contribution in [2.24, 2.45) is 5.73 Å². The monoisotopic (exact) mass is 256 g/mol. The van der Waals surface area contributed by atoms with E-state index in [1.165, 1.54) is 0 Å². The largest absolute Gasteiger partial charge is 0.490 e. The normalized spacial score (nSPS) is 9.95. The quantitative estimate of drug-likeness (QED) is 0.862. The van der Waals surface area contributed by atoms with Crippen LogP contribution >= 0.6 is 0 Å². The molecule has 0 saturated heterocycles. The van der Waals surface area contributed by atoms with E-state index in [1.54, 1.807) is 24.3 Å². The Morgan fingerprint density at radius 1 is 1.05 bits per heavy atom. The highest BCUT2D eigenvalue weighted by atomic mass is 16.5. The fourth-order valence-electron chi connectivity index (χ4n) is 1.65. The fourth-order valence-corrected chi connectivity index (χ4v) is 1.65. The molecule has 0 fully saturated rings. The molecule has 0 aliphatic rings. The van der Waals surface area contributed by atoms with Crippen molar-refractivity contribution in [2.75, 3.05) is 18.5 Å². The van der Waals surface area contributed by atoms with E-state index in [9.17, 15) is 4.79 Å². The van der Waals surface area contributed by atoms with Gasteiger partial charge in [-0.05, 0) is 24.3 Å². The summed E-state index contributed by atoms with van der Waals surface area (Å²) in [6.45, 7) is 0.846. The number of rotatable bonds is 5. The molecular formula is C15H16N2O2. The van der Waals surface area contributed by atoms with Crippen LogP contribution in [0.25, 0.3) is 0 Å². The van der Waals surface area contributed by atoms with Crippen LogP contribution in [0.5, 0.6) is 5.75 Å². The van der Waals surface area contributed by atoms with Crippen LogP contribution in [0, 0.1) is 0 Å². The average molecular weight is 256 g/mol. The van der Waals surface area contributed by atoms with E-state index >= 15 is 0 Å². The molecule has 98 valence electrons.